The highest BCUT2D eigenvalue weighted by Crippen LogP contribution is 2.28. The minimum atomic E-state index is -0.323. The number of rotatable bonds is 8. The number of aromatic nitrogens is 2. The number of imide groups is 1. The van der Waals surface area contributed by atoms with Crippen LogP contribution in [0.5, 0.6) is 11.5 Å². The zero-order valence-electron chi connectivity index (χ0n) is 21.0. The van der Waals surface area contributed by atoms with Crippen molar-refractivity contribution in [2.24, 2.45) is 0 Å². The van der Waals surface area contributed by atoms with Crippen LogP contribution in [0.15, 0.2) is 65.5 Å². The second-order valence-corrected chi connectivity index (χ2v) is 8.95. The Balaban J connectivity index is 1.47. The number of benzene rings is 3. The topological polar surface area (TPSA) is 90.7 Å². The lowest BCUT2D eigenvalue weighted by molar-refractivity contribution is 0.0655. The zero-order chi connectivity index (χ0) is 26.1. The second-order valence-electron chi connectivity index (χ2n) is 8.95. The monoisotopic (exact) mass is 497 g/mol. The normalized spacial score (nSPS) is 12.8. The van der Waals surface area contributed by atoms with E-state index < -0.39 is 0 Å². The summed E-state index contributed by atoms with van der Waals surface area (Å²) < 4.78 is 12.4. The van der Waals surface area contributed by atoms with Crippen molar-refractivity contribution in [3.05, 3.63) is 99.1 Å². The lowest BCUT2D eigenvalue weighted by Crippen LogP contribution is -2.34. The van der Waals surface area contributed by atoms with Gasteiger partial charge in [-0.25, -0.2) is 4.98 Å². The second kappa shape index (κ2) is 9.89. The molecule has 1 aliphatic heterocycles. The number of hydrogen-bond acceptors (Lipinski definition) is 6. The van der Waals surface area contributed by atoms with E-state index in [2.05, 4.69) is 0 Å². The Morgan fingerprint density at radius 1 is 0.784 bits per heavy atom. The van der Waals surface area contributed by atoms with Gasteiger partial charge in [-0.2, -0.15) is 0 Å². The van der Waals surface area contributed by atoms with Crippen LogP contribution in [0.4, 0.5) is 0 Å². The predicted octanol–water partition coefficient (Wildman–Crippen LogP) is 3.80. The highest BCUT2D eigenvalue weighted by molar-refractivity contribution is 6.21. The molecule has 2 amide bonds. The first kappa shape index (κ1) is 24.2. The molecular weight excluding hydrogens is 470 g/mol. The lowest BCUT2D eigenvalue weighted by Gasteiger charge is -2.18. The van der Waals surface area contributed by atoms with E-state index in [9.17, 15) is 14.4 Å². The summed E-state index contributed by atoms with van der Waals surface area (Å²) in [5, 5.41) is 0.569. The number of nitrogens with zero attached hydrogens (tertiary/aromatic N) is 3. The van der Waals surface area contributed by atoms with Gasteiger partial charge in [0.05, 0.1) is 36.2 Å². The largest absolute Gasteiger partial charge is 0.493 e. The van der Waals surface area contributed by atoms with Gasteiger partial charge in [0.2, 0.25) is 0 Å². The van der Waals surface area contributed by atoms with Gasteiger partial charge in [-0.15, -0.1) is 0 Å². The average molecular weight is 498 g/mol. The average Bonchev–Trinajstić information content (AvgIpc) is 3.15. The maximum atomic E-state index is 13.6. The Hall–Kier alpha value is -4.46. The molecule has 8 heteroatoms. The first-order valence-electron chi connectivity index (χ1n) is 12.1. The molecule has 37 heavy (non-hydrogen) atoms. The summed E-state index contributed by atoms with van der Waals surface area (Å²) in [7, 11) is 3.17. The standard InChI is InChI=1S/C29H27N3O5/c1-18-7-6-10-22-26(18)29(35)31(15-13-19-11-12-23(36-2)24(17-19)37-3)25(30-22)14-16-32-27(33)20-8-4-5-9-21(20)28(32)34/h4-12,17H,13-16H2,1-3H3. The molecule has 0 atom stereocenters. The van der Waals surface area contributed by atoms with Crippen molar-refractivity contribution in [3.63, 3.8) is 0 Å². The van der Waals surface area contributed by atoms with E-state index in [1.54, 1.807) is 43.1 Å². The van der Waals surface area contributed by atoms with Gasteiger partial charge >= 0.3 is 0 Å². The first-order chi connectivity index (χ1) is 17.9. The summed E-state index contributed by atoms with van der Waals surface area (Å²) in [6.45, 7) is 2.40. The summed E-state index contributed by atoms with van der Waals surface area (Å²) >= 11 is 0. The third-order valence-electron chi connectivity index (χ3n) is 6.78. The summed E-state index contributed by atoms with van der Waals surface area (Å²) in [6.07, 6.45) is 0.815. The number of methoxy groups -OCH3 is 2. The molecule has 2 heterocycles. The van der Waals surface area contributed by atoms with Crippen molar-refractivity contribution in [1.29, 1.82) is 0 Å². The molecule has 5 rings (SSSR count). The smallest absolute Gasteiger partial charge is 0.261 e. The summed E-state index contributed by atoms with van der Waals surface area (Å²) in [6, 6.07) is 18.0. The van der Waals surface area contributed by atoms with E-state index in [0.717, 1.165) is 11.1 Å². The predicted molar refractivity (Wildman–Crippen MR) is 140 cm³/mol. The highest BCUT2D eigenvalue weighted by atomic mass is 16.5. The first-order valence-corrected chi connectivity index (χ1v) is 12.1. The zero-order valence-corrected chi connectivity index (χ0v) is 21.0. The summed E-state index contributed by atoms with van der Waals surface area (Å²) in [4.78, 5) is 45.4. The van der Waals surface area contributed by atoms with Crippen molar-refractivity contribution in [3.8, 4) is 11.5 Å². The number of carbonyl (C=O) groups is 2. The SMILES string of the molecule is COc1ccc(CCn2c(CCN3C(=O)c4ccccc4C3=O)nc3cccc(C)c3c2=O)cc1OC. The Bertz CT molecular complexity index is 1560. The Labute approximate surface area is 214 Å². The van der Waals surface area contributed by atoms with Gasteiger partial charge in [0.15, 0.2) is 11.5 Å². The van der Waals surface area contributed by atoms with Gasteiger partial charge in [0.1, 0.15) is 5.82 Å². The molecule has 0 saturated carbocycles. The number of amides is 2. The van der Waals surface area contributed by atoms with Crippen LogP contribution in [0.2, 0.25) is 0 Å². The van der Waals surface area contributed by atoms with Crippen LogP contribution < -0.4 is 15.0 Å². The van der Waals surface area contributed by atoms with Crippen LogP contribution in [0, 0.1) is 6.92 Å². The molecule has 3 aromatic carbocycles. The van der Waals surface area contributed by atoms with Gasteiger partial charge in [-0.1, -0.05) is 30.3 Å². The lowest BCUT2D eigenvalue weighted by atomic mass is 10.1. The molecule has 0 N–H and O–H groups in total. The van der Waals surface area contributed by atoms with Crippen LogP contribution in [0.25, 0.3) is 10.9 Å². The van der Waals surface area contributed by atoms with E-state index >= 15 is 0 Å². The Kier molecular flexibility index (Phi) is 6.48. The number of fused-ring (bicyclic) bond motifs is 2. The molecule has 0 bridgehead atoms. The molecule has 4 aromatic rings. The summed E-state index contributed by atoms with van der Waals surface area (Å²) in [5.74, 6) is 1.13. The molecule has 1 aromatic heterocycles. The van der Waals surface area contributed by atoms with Crippen LogP contribution >= 0.6 is 0 Å². The fourth-order valence-corrected chi connectivity index (χ4v) is 4.83. The van der Waals surface area contributed by atoms with Crippen molar-refractivity contribution in [2.75, 3.05) is 20.8 Å². The van der Waals surface area contributed by atoms with Crippen LogP contribution in [-0.2, 0) is 19.4 Å². The molecule has 8 nitrogen and oxygen atoms in total. The van der Waals surface area contributed by atoms with Gasteiger partial charge in [0, 0.05) is 19.5 Å². The Morgan fingerprint density at radius 3 is 2.16 bits per heavy atom. The third kappa shape index (κ3) is 4.35. The van der Waals surface area contributed by atoms with Crippen LogP contribution in [0.3, 0.4) is 0 Å². The van der Waals surface area contributed by atoms with Gasteiger partial charge in [0.25, 0.3) is 17.4 Å². The number of carbonyl (C=O) groups excluding carboxylic acids is 2. The molecule has 188 valence electrons. The number of ether oxygens (including phenoxy) is 2. The minimum Gasteiger partial charge on any atom is -0.493 e. The van der Waals surface area contributed by atoms with Crippen LogP contribution in [-0.4, -0.2) is 47.0 Å². The molecule has 0 fully saturated rings. The van der Waals surface area contributed by atoms with E-state index in [4.69, 9.17) is 14.5 Å². The maximum Gasteiger partial charge on any atom is 0.261 e. The van der Waals surface area contributed by atoms with Gasteiger partial charge in [-0.3, -0.25) is 23.9 Å². The fourth-order valence-electron chi connectivity index (χ4n) is 4.83. The van der Waals surface area contributed by atoms with Crippen molar-refractivity contribution >= 4 is 22.7 Å². The maximum absolute atomic E-state index is 13.6. The minimum absolute atomic E-state index is 0.131. The van der Waals surface area contributed by atoms with E-state index in [1.807, 2.05) is 43.3 Å². The fraction of sp³-hybridized carbons (Fsp3) is 0.241. The molecule has 0 aliphatic carbocycles. The van der Waals surface area contributed by atoms with E-state index in [0.29, 0.717) is 52.3 Å². The Morgan fingerprint density at radius 2 is 1.49 bits per heavy atom. The van der Waals surface area contributed by atoms with Gasteiger partial charge in [-0.05, 0) is 54.8 Å². The summed E-state index contributed by atoms with van der Waals surface area (Å²) in [5.41, 5.74) is 3.09. The quantitative estimate of drug-likeness (QED) is 0.344. The molecule has 0 spiro atoms. The van der Waals surface area contributed by atoms with Crippen LogP contribution in [0.1, 0.15) is 37.7 Å². The van der Waals surface area contributed by atoms with E-state index in [1.165, 1.54) is 4.90 Å². The highest BCUT2D eigenvalue weighted by Gasteiger charge is 2.35. The van der Waals surface area contributed by atoms with Crippen molar-refractivity contribution in [2.45, 2.75) is 26.3 Å². The third-order valence-corrected chi connectivity index (χ3v) is 6.78. The molecule has 0 radical (unpaired) electrons. The van der Waals surface area contributed by atoms with Crippen molar-refractivity contribution in [1.82, 2.24) is 14.5 Å². The number of aryl methyl sites for hydroxylation is 2. The molecule has 0 unspecified atom stereocenters. The molecule has 0 saturated heterocycles. The molecule has 1 aliphatic rings. The molecular formula is C29H27N3O5. The van der Waals surface area contributed by atoms with Crippen molar-refractivity contribution < 1.29 is 19.1 Å². The van der Waals surface area contributed by atoms with Gasteiger partial charge < -0.3 is 9.47 Å². The van der Waals surface area contributed by atoms with E-state index in [-0.39, 0.29) is 30.3 Å². The number of hydrogen-bond donors (Lipinski definition) is 0.